The van der Waals surface area contributed by atoms with E-state index >= 15 is 0 Å². The molecular weight excluding hydrogens is 414 g/mol. The molecule has 0 radical (unpaired) electrons. The topological polar surface area (TPSA) is 130 Å². The van der Waals surface area contributed by atoms with Crippen molar-refractivity contribution in [1.82, 2.24) is 9.13 Å². The molecule has 0 saturated carbocycles. The minimum atomic E-state index is -0.908. The van der Waals surface area contributed by atoms with E-state index in [9.17, 15) is 24.0 Å². The first kappa shape index (κ1) is 22.4. The van der Waals surface area contributed by atoms with E-state index in [1.165, 1.54) is 26.2 Å². The molecule has 164 valence electrons. The fourth-order valence-electron chi connectivity index (χ4n) is 3.12. The molecule has 9 nitrogen and oxygen atoms in total. The summed E-state index contributed by atoms with van der Waals surface area (Å²) >= 11 is 0. The Balaban J connectivity index is 1.85. The molecule has 0 bridgehead atoms. The van der Waals surface area contributed by atoms with Crippen LogP contribution in [0.15, 0.2) is 58.1 Å². The quantitative estimate of drug-likeness (QED) is 0.455. The fraction of sp³-hybridized carbons (Fsp3) is 0.174. The number of hydrogen-bond donors (Lipinski definition) is 1. The van der Waals surface area contributed by atoms with E-state index in [4.69, 9.17) is 10.5 Å². The lowest BCUT2D eigenvalue weighted by atomic mass is 9.98. The SMILES string of the molecule is Cc1ccc(C(=O)c2ccccc2C(=O)OCC(=O)c2c(N)n(C)c(=O)n(C)c2=O)cc1. The Kier molecular flexibility index (Phi) is 6.20. The van der Waals surface area contributed by atoms with Crippen LogP contribution in [0.5, 0.6) is 0 Å². The second kappa shape index (κ2) is 8.84. The van der Waals surface area contributed by atoms with Crippen LogP contribution in [0.2, 0.25) is 0 Å². The van der Waals surface area contributed by atoms with Gasteiger partial charge in [0.15, 0.2) is 12.4 Å². The number of anilines is 1. The number of aryl methyl sites for hydroxylation is 1. The third-order valence-electron chi connectivity index (χ3n) is 5.03. The van der Waals surface area contributed by atoms with Gasteiger partial charge in [0.25, 0.3) is 5.56 Å². The van der Waals surface area contributed by atoms with Gasteiger partial charge >= 0.3 is 11.7 Å². The monoisotopic (exact) mass is 435 g/mol. The number of carbonyl (C=O) groups excluding carboxylic acids is 3. The zero-order valence-corrected chi connectivity index (χ0v) is 17.7. The molecule has 0 atom stereocenters. The summed E-state index contributed by atoms with van der Waals surface area (Å²) in [6.45, 7) is 1.10. The van der Waals surface area contributed by atoms with Gasteiger partial charge in [-0.25, -0.2) is 9.59 Å². The maximum absolute atomic E-state index is 12.9. The van der Waals surface area contributed by atoms with Crippen molar-refractivity contribution in [3.05, 3.63) is 97.2 Å². The van der Waals surface area contributed by atoms with Gasteiger partial charge in [-0.1, -0.05) is 48.0 Å². The van der Waals surface area contributed by atoms with Crippen LogP contribution in [0, 0.1) is 6.92 Å². The lowest BCUT2D eigenvalue weighted by Crippen LogP contribution is -2.42. The summed E-state index contributed by atoms with van der Waals surface area (Å²) in [5.74, 6) is -2.47. The number of hydrogen-bond acceptors (Lipinski definition) is 7. The number of carbonyl (C=O) groups is 3. The normalized spacial score (nSPS) is 10.6. The van der Waals surface area contributed by atoms with Crippen molar-refractivity contribution >= 4 is 23.4 Å². The summed E-state index contributed by atoms with van der Waals surface area (Å²) in [5.41, 5.74) is 5.20. The maximum atomic E-state index is 12.9. The molecule has 2 N–H and O–H groups in total. The summed E-state index contributed by atoms with van der Waals surface area (Å²) in [7, 11) is 2.52. The van der Waals surface area contributed by atoms with E-state index in [2.05, 4.69) is 0 Å². The molecule has 1 heterocycles. The molecule has 0 spiro atoms. The van der Waals surface area contributed by atoms with Crippen LogP contribution in [-0.2, 0) is 18.8 Å². The number of nitrogen functional groups attached to an aromatic ring is 1. The predicted octanol–water partition coefficient (Wildman–Crippen LogP) is 1.25. The van der Waals surface area contributed by atoms with Gasteiger partial charge in [-0.3, -0.25) is 23.5 Å². The first-order valence-electron chi connectivity index (χ1n) is 9.59. The molecule has 1 aromatic heterocycles. The molecule has 0 amide bonds. The Hall–Kier alpha value is -4.27. The van der Waals surface area contributed by atoms with Crippen LogP contribution in [0.3, 0.4) is 0 Å². The van der Waals surface area contributed by atoms with Gasteiger partial charge in [0.05, 0.1) is 5.56 Å². The zero-order valence-electron chi connectivity index (χ0n) is 17.7. The van der Waals surface area contributed by atoms with Gasteiger partial charge in [0.2, 0.25) is 5.78 Å². The van der Waals surface area contributed by atoms with Crippen LogP contribution in [0.25, 0.3) is 0 Å². The van der Waals surface area contributed by atoms with Crippen molar-refractivity contribution in [2.24, 2.45) is 14.1 Å². The molecule has 3 aromatic rings. The van der Waals surface area contributed by atoms with E-state index in [1.807, 2.05) is 6.92 Å². The highest BCUT2D eigenvalue weighted by Crippen LogP contribution is 2.17. The molecule has 0 aliphatic heterocycles. The lowest BCUT2D eigenvalue weighted by Gasteiger charge is -2.12. The number of Topliss-reactive ketones (excluding diaryl/α,β-unsaturated/α-hetero) is 1. The first-order valence-corrected chi connectivity index (χ1v) is 9.59. The van der Waals surface area contributed by atoms with Gasteiger partial charge in [0.1, 0.15) is 11.4 Å². The second-order valence-corrected chi connectivity index (χ2v) is 7.21. The molecule has 0 fully saturated rings. The molecule has 32 heavy (non-hydrogen) atoms. The average Bonchev–Trinajstić information content (AvgIpc) is 2.80. The average molecular weight is 435 g/mol. The number of aromatic nitrogens is 2. The number of nitrogens with zero attached hydrogens (tertiary/aromatic N) is 2. The Morgan fingerprint density at radius 2 is 1.50 bits per heavy atom. The van der Waals surface area contributed by atoms with E-state index in [-0.39, 0.29) is 22.7 Å². The molecule has 9 heteroatoms. The number of ketones is 2. The van der Waals surface area contributed by atoms with Gasteiger partial charge in [-0.2, -0.15) is 0 Å². The molecule has 0 saturated heterocycles. The summed E-state index contributed by atoms with van der Waals surface area (Å²) in [4.78, 5) is 62.3. The zero-order chi connectivity index (χ0) is 23.6. The first-order chi connectivity index (χ1) is 15.1. The lowest BCUT2D eigenvalue weighted by molar-refractivity contribution is 0.0472. The van der Waals surface area contributed by atoms with Crippen molar-refractivity contribution < 1.29 is 19.1 Å². The summed E-state index contributed by atoms with van der Waals surface area (Å²) in [6, 6.07) is 12.9. The minimum absolute atomic E-state index is 0.0211. The van der Waals surface area contributed by atoms with Crippen molar-refractivity contribution in [2.75, 3.05) is 12.3 Å². The van der Waals surface area contributed by atoms with Crippen molar-refractivity contribution in [1.29, 1.82) is 0 Å². The Bertz CT molecular complexity index is 1350. The van der Waals surface area contributed by atoms with Crippen LogP contribution in [0.1, 0.15) is 42.2 Å². The molecule has 0 aliphatic rings. The van der Waals surface area contributed by atoms with Crippen molar-refractivity contribution in [2.45, 2.75) is 6.92 Å². The number of ether oxygens (including phenoxy) is 1. The number of rotatable bonds is 6. The maximum Gasteiger partial charge on any atom is 0.339 e. The van der Waals surface area contributed by atoms with Crippen molar-refractivity contribution in [3.63, 3.8) is 0 Å². The van der Waals surface area contributed by atoms with Gasteiger partial charge in [0, 0.05) is 25.2 Å². The van der Waals surface area contributed by atoms with Gasteiger partial charge in [-0.15, -0.1) is 0 Å². The summed E-state index contributed by atoms with van der Waals surface area (Å²) in [5, 5.41) is 0. The van der Waals surface area contributed by atoms with Crippen LogP contribution >= 0.6 is 0 Å². The number of esters is 1. The third-order valence-corrected chi connectivity index (χ3v) is 5.03. The summed E-state index contributed by atoms with van der Waals surface area (Å²) in [6.07, 6.45) is 0. The van der Waals surface area contributed by atoms with Crippen LogP contribution in [-0.4, -0.2) is 33.3 Å². The summed E-state index contributed by atoms with van der Waals surface area (Å²) < 4.78 is 6.77. The Morgan fingerprint density at radius 3 is 2.12 bits per heavy atom. The number of benzene rings is 2. The standard InChI is InChI=1S/C23H21N3O6/c1-13-8-10-14(11-9-13)19(28)15-6-4-5-7-16(15)22(30)32-12-17(27)18-20(24)25(2)23(31)26(3)21(18)29/h4-11H,12,24H2,1-3H3. The highest BCUT2D eigenvalue weighted by Gasteiger charge is 2.23. The Labute approximate surface area is 182 Å². The second-order valence-electron chi connectivity index (χ2n) is 7.21. The number of nitrogens with two attached hydrogens (primary N) is 1. The largest absolute Gasteiger partial charge is 0.454 e. The van der Waals surface area contributed by atoms with Gasteiger partial charge in [-0.05, 0) is 13.0 Å². The molecule has 0 aliphatic carbocycles. The third kappa shape index (κ3) is 4.13. The van der Waals surface area contributed by atoms with E-state index < -0.39 is 35.2 Å². The molecule has 2 aromatic carbocycles. The van der Waals surface area contributed by atoms with E-state index in [0.717, 1.165) is 14.7 Å². The fourth-order valence-corrected chi connectivity index (χ4v) is 3.12. The van der Waals surface area contributed by atoms with Gasteiger partial charge < -0.3 is 10.5 Å². The van der Waals surface area contributed by atoms with E-state index in [1.54, 1.807) is 36.4 Å². The molecule has 3 rings (SSSR count). The predicted molar refractivity (Wildman–Crippen MR) is 117 cm³/mol. The van der Waals surface area contributed by atoms with Crippen LogP contribution in [0.4, 0.5) is 5.82 Å². The molecule has 0 unspecified atom stereocenters. The van der Waals surface area contributed by atoms with Crippen LogP contribution < -0.4 is 17.0 Å². The molecular formula is C23H21N3O6. The minimum Gasteiger partial charge on any atom is -0.454 e. The highest BCUT2D eigenvalue weighted by atomic mass is 16.5. The Morgan fingerprint density at radius 1 is 0.906 bits per heavy atom. The highest BCUT2D eigenvalue weighted by molar-refractivity contribution is 6.14. The smallest absolute Gasteiger partial charge is 0.339 e. The van der Waals surface area contributed by atoms with E-state index in [0.29, 0.717) is 5.56 Å². The van der Waals surface area contributed by atoms with Crippen molar-refractivity contribution in [3.8, 4) is 0 Å².